The van der Waals surface area contributed by atoms with E-state index in [4.69, 9.17) is 5.73 Å². The summed E-state index contributed by atoms with van der Waals surface area (Å²) in [5.41, 5.74) is 7.85. The fourth-order valence-electron chi connectivity index (χ4n) is 3.30. The molecule has 3 rings (SSSR count). The van der Waals surface area contributed by atoms with E-state index in [0.717, 1.165) is 5.56 Å². The Morgan fingerprint density at radius 3 is 2.65 bits per heavy atom. The normalized spacial score (nSPS) is 21.3. The van der Waals surface area contributed by atoms with Crippen molar-refractivity contribution in [1.82, 2.24) is 9.80 Å². The summed E-state index contributed by atoms with van der Waals surface area (Å²) in [7, 11) is 0. The molecule has 2 aliphatic heterocycles. The van der Waals surface area contributed by atoms with Crippen LogP contribution in [0.25, 0.3) is 0 Å². The molecule has 2 aliphatic rings. The van der Waals surface area contributed by atoms with Gasteiger partial charge in [-0.15, -0.1) is 0 Å². The van der Waals surface area contributed by atoms with Crippen LogP contribution in [0.2, 0.25) is 0 Å². The number of anilines is 1. The first-order valence-electron chi connectivity index (χ1n) is 7.92. The van der Waals surface area contributed by atoms with Crippen LogP contribution in [0.1, 0.15) is 42.6 Å². The first-order valence-corrected chi connectivity index (χ1v) is 7.92. The third-order valence-electron chi connectivity index (χ3n) is 4.44. The van der Waals surface area contributed by atoms with E-state index in [1.165, 1.54) is 4.90 Å². The molecule has 2 N–H and O–H groups in total. The molecule has 0 spiro atoms. The van der Waals surface area contributed by atoms with Crippen LogP contribution >= 0.6 is 0 Å². The summed E-state index contributed by atoms with van der Waals surface area (Å²) in [4.78, 5) is 40.2. The Bertz CT molecular complexity index is 684. The summed E-state index contributed by atoms with van der Waals surface area (Å²) in [5, 5.41) is 0. The lowest BCUT2D eigenvalue weighted by atomic mass is 10.0. The van der Waals surface area contributed by atoms with Gasteiger partial charge in [0, 0.05) is 36.3 Å². The highest BCUT2D eigenvalue weighted by Gasteiger charge is 2.42. The molecule has 1 saturated heterocycles. The van der Waals surface area contributed by atoms with E-state index in [0.29, 0.717) is 37.2 Å². The Balaban J connectivity index is 1.86. The highest BCUT2D eigenvalue weighted by atomic mass is 16.2. The van der Waals surface area contributed by atoms with Crippen LogP contribution in [-0.4, -0.2) is 40.1 Å². The fraction of sp³-hybridized carbons (Fsp3) is 0.471. The molecule has 0 aromatic heterocycles. The van der Waals surface area contributed by atoms with E-state index in [2.05, 4.69) is 0 Å². The van der Waals surface area contributed by atoms with Crippen LogP contribution in [0, 0.1) is 5.92 Å². The van der Waals surface area contributed by atoms with Crippen molar-refractivity contribution in [3.63, 3.8) is 0 Å². The van der Waals surface area contributed by atoms with Gasteiger partial charge in [-0.2, -0.15) is 0 Å². The largest absolute Gasteiger partial charge is 0.398 e. The molecular weight excluding hydrogens is 294 g/mol. The van der Waals surface area contributed by atoms with Gasteiger partial charge in [-0.25, -0.2) is 0 Å². The van der Waals surface area contributed by atoms with Crippen molar-refractivity contribution in [2.24, 2.45) is 5.92 Å². The third kappa shape index (κ3) is 2.58. The average molecular weight is 315 g/mol. The number of hydrogen-bond donors (Lipinski definition) is 1. The second-order valence-electron chi connectivity index (χ2n) is 6.60. The number of amides is 3. The predicted octanol–water partition coefficient (Wildman–Crippen LogP) is 1.40. The first-order chi connectivity index (χ1) is 10.9. The van der Waals surface area contributed by atoms with Crippen molar-refractivity contribution < 1.29 is 14.4 Å². The molecule has 1 atom stereocenters. The zero-order valence-corrected chi connectivity index (χ0v) is 13.4. The Hall–Kier alpha value is -2.37. The maximum Gasteiger partial charge on any atom is 0.255 e. The summed E-state index contributed by atoms with van der Waals surface area (Å²) in [5.74, 6) is -0.397. The first kappa shape index (κ1) is 15.5. The van der Waals surface area contributed by atoms with Gasteiger partial charge in [-0.3, -0.25) is 19.3 Å². The van der Waals surface area contributed by atoms with E-state index in [-0.39, 0.29) is 23.6 Å². The molecule has 122 valence electrons. The van der Waals surface area contributed by atoms with Crippen LogP contribution in [0.4, 0.5) is 5.69 Å². The van der Waals surface area contributed by atoms with E-state index in [1.54, 1.807) is 23.1 Å². The molecule has 1 unspecified atom stereocenters. The fourth-order valence-corrected chi connectivity index (χ4v) is 3.30. The SMILES string of the molecule is CC(C)CN1C(=O)CCC(N2Cc3c(N)cccc3C2=O)C1=O. The number of rotatable bonds is 3. The van der Waals surface area contributed by atoms with E-state index in [1.807, 2.05) is 13.8 Å². The number of nitrogens with two attached hydrogens (primary N) is 1. The molecule has 0 aliphatic carbocycles. The average Bonchev–Trinajstić information content (AvgIpc) is 2.82. The van der Waals surface area contributed by atoms with Gasteiger partial charge in [0.25, 0.3) is 11.8 Å². The molecule has 0 radical (unpaired) electrons. The Labute approximate surface area is 135 Å². The lowest BCUT2D eigenvalue weighted by molar-refractivity contribution is -0.152. The molecule has 1 aromatic rings. The van der Waals surface area contributed by atoms with Gasteiger partial charge in [0.1, 0.15) is 6.04 Å². The van der Waals surface area contributed by atoms with Gasteiger partial charge in [0.15, 0.2) is 0 Å². The minimum Gasteiger partial charge on any atom is -0.398 e. The number of nitrogens with zero attached hydrogens (tertiary/aromatic N) is 2. The predicted molar refractivity (Wildman–Crippen MR) is 85.3 cm³/mol. The van der Waals surface area contributed by atoms with E-state index in [9.17, 15) is 14.4 Å². The summed E-state index contributed by atoms with van der Waals surface area (Å²) < 4.78 is 0. The zero-order chi connectivity index (χ0) is 16.7. The Morgan fingerprint density at radius 2 is 2.00 bits per heavy atom. The molecule has 6 heteroatoms. The van der Waals surface area contributed by atoms with Crippen molar-refractivity contribution in [1.29, 1.82) is 0 Å². The molecular formula is C17H21N3O3. The highest BCUT2D eigenvalue weighted by Crippen LogP contribution is 2.32. The number of nitrogen functional groups attached to an aromatic ring is 1. The molecule has 3 amide bonds. The lowest BCUT2D eigenvalue weighted by Gasteiger charge is -2.36. The van der Waals surface area contributed by atoms with E-state index >= 15 is 0 Å². The van der Waals surface area contributed by atoms with Crippen LogP contribution in [0.3, 0.4) is 0 Å². The van der Waals surface area contributed by atoms with Gasteiger partial charge < -0.3 is 10.6 Å². The van der Waals surface area contributed by atoms with Gasteiger partial charge in [-0.05, 0) is 24.5 Å². The number of hydrogen-bond acceptors (Lipinski definition) is 4. The van der Waals surface area contributed by atoms with Crippen LogP contribution < -0.4 is 5.73 Å². The molecule has 23 heavy (non-hydrogen) atoms. The molecule has 2 heterocycles. The minimum atomic E-state index is -0.578. The van der Waals surface area contributed by atoms with Crippen molar-refractivity contribution >= 4 is 23.4 Å². The van der Waals surface area contributed by atoms with Gasteiger partial charge in [0.2, 0.25) is 5.91 Å². The van der Waals surface area contributed by atoms with Gasteiger partial charge >= 0.3 is 0 Å². The van der Waals surface area contributed by atoms with Crippen LogP contribution in [0.5, 0.6) is 0 Å². The number of fused-ring (bicyclic) bond motifs is 1. The summed E-state index contributed by atoms with van der Waals surface area (Å²) in [6.07, 6.45) is 0.671. The minimum absolute atomic E-state index is 0.149. The summed E-state index contributed by atoms with van der Waals surface area (Å²) in [6, 6.07) is 4.66. The molecule has 1 fully saturated rings. The maximum absolute atomic E-state index is 12.7. The number of piperidine rings is 1. The van der Waals surface area contributed by atoms with Crippen molar-refractivity contribution in [3.05, 3.63) is 29.3 Å². The standard InChI is InChI=1S/C17H21N3O3/c1-10(2)8-20-15(21)7-6-14(17(20)23)19-9-12-11(16(19)22)4-3-5-13(12)18/h3-5,10,14H,6-9,18H2,1-2H3. The maximum atomic E-state index is 12.7. The summed E-state index contributed by atoms with van der Waals surface area (Å²) in [6.45, 7) is 4.65. The summed E-state index contributed by atoms with van der Waals surface area (Å²) >= 11 is 0. The monoisotopic (exact) mass is 315 g/mol. The van der Waals surface area contributed by atoms with Crippen LogP contribution in [0.15, 0.2) is 18.2 Å². The smallest absolute Gasteiger partial charge is 0.255 e. The zero-order valence-electron chi connectivity index (χ0n) is 13.4. The van der Waals surface area contributed by atoms with Crippen molar-refractivity contribution in [2.75, 3.05) is 12.3 Å². The molecule has 0 saturated carbocycles. The molecule has 0 bridgehead atoms. The second-order valence-corrected chi connectivity index (χ2v) is 6.60. The van der Waals surface area contributed by atoms with Crippen molar-refractivity contribution in [3.8, 4) is 0 Å². The quantitative estimate of drug-likeness (QED) is 0.675. The third-order valence-corrected chi connectivity index (χ3v) is 4.44. The number of carbonyl (C=O) groups excluding carboxylic acids is 3. The van der Waals surface area contributed by atoms with Crippen molar-refractivity contribution in [2.45, 2.75) is 39.3 Å². The number of carbonyl (C=O) groups is 3. The van der Waals surface area contributed by atoms with Gasteiger partial charge in [-0.1, -0.05) is 19.9 Å². The second kappa shape index (κ2) is 5.68. The molecule has 1 aromatic carbocycles. The van der Waals surface area contributed by atoms with Gasteiger partial charge in [0.05, 0.1) is 0 Å². The Kier molecular flexibility index (Phi) is 3.83. The lowest BCUT2D eigenvalue weighted by Crippen LogP contribution is -2.55. The number of imide groups is 1. The number of likely N-dealkylation sites (tertiary alicyclic amines) is 1. The molecule has 6 nitrogen and oxygen atoms in total. The van der Waals surface area contributed by atoms with E-state index < -0.39 is 6.04 Å². The number of benzene rings is 1. The topological polar surface area (TPSA) is 83.7 Å². The highest BCUT2D eigenvalue weighted by molar-refractivity contribution is 6.06. The van der Waals surface area contributed by atoms with Crippen LogP contribution in [-0.2, 0) is 16.1 Å². The Morgan fingerprint density at radius 1 is 1.26 bits per heavy atom.